The van der Waals surface area contributed by atoms with Gasteiger partial charge in [0.15, 0.2) is 0 Å². The summed E-state index contributed by atoms with van der Waals surface area (Å²) in [5.74, 6) is 0. The first kappa shape index (κ1) is 22.6. The Morgan fingerprint density at radius 2 is 1.41 bits per heavy atom. The second-order valence-electron chi connectivity index (χ2n) is 10.5. The number of nitrogens with zero attached hydrogens (tertiary/aromatic N) is 3. The van der Waals surface area contributed by atoms with Crippen molar-refractivity contribution in [3.8, 4) is 11.1 Å². The molecule has 4 heteroatoms. The topological polar surface area (TPSA) is 39.9 Å². The van der Waals surface area contributed by atoms with E-state index >= 15 is 0 Å². The van der Waals surface area contributed by atoms with Crippen LogP contribution in [0.5, 0.6) is 0 Å². The van der Waals surface area contributed by atoms with Gasteiger partial charge in [-0.15, -0.1) is 0 Å². The molecule has 2 heterocycles. The summed E-state index contributed by atoms with van der Waals surface area (Å²) in [7, 11) is 0. The minimum absolute atomic E-state index is 0. The molecule has 0 fully saturated rings. The van der Waals surface area contributed by atoms with Gasteiger partial charge in [0.2, 0.25) is 0 Å². The average molecular weight is 599 g/mol. The van der Waals surface area contributed by atoms with E-state index in [0.29, 0.717) is 0 Å². The minimum atomic E-state index is 0. The average Bonchev–Trinajstić information content (AvgIpc) is 3.22. The van der Waals surface area contributed by atoms with Gasteiger partial charge in [-0.2, -0.15) is 0 Å². The third-order valence-corrected chi connectivity index (χ3v) is 6.23. The van der Waals surface area contributed by atoms with Crippen LogP contribution in [-0.4, -0.2) is 9.97 Å². The summed E-state index contributed by atoms with van der Waals surface area (Å²) in [6.07, 6.45) is 3.64. The molecule has 5 aromatic rings. The summed E-state index contributed by atoms with van der Waals surface area (Å²) >= 11 is 0. The molecule has 165 valence electrons. The zero-order valence-corrected chi connectivity index (χ0v) is 21.8. The van der Waals surface area contributed by atoms with Gasteiger partial charge in [0.25, 0.3) is 0 Å². The third kappa shape index (κ3) is 3.66. The fraction of sp³-hybridized carbons (Fsp3) is 0.286. The van der Waals surface area contributed by atoms with Crippen LogP contribution in [0, 0.1) is 0 Å². The van der Waals surface area contributed by atoms with Gasteiger partial charge in [0, 0.05) is 31.7 Å². The smallest absolute Gasteiger partial charge is 0.0743 e. The fourth-order valence-electron chi connectivity index (χ4n) is 4.31. The maximum Gasteiger partial charge on any atom is 0.0743 e. The monoisotopic (exact) mass is 599 g/mol. The molecule has 3 aromatic carbocycles. The van der Waals surface area contributed by atoms with E-state index in [9.17, 15) is 0 Å². The van der Waals surface area contributed by atoms with Crippen LogP contribution in [0.1, 0.15) is 52.7 Å². The Kier molecular flexibility index (Phi) is 5.51. The van der Waals surface area contributed by atoms with Crippen molar-refractivity contribution >= 4 is 32.7 Å². The van der Waals surface area contributed by atoms with Crippen LogP contribution in [0.4, 0.5) is 0 Å². The fourth-order valence-corrected chi connectivity index (χ4v) is 4.31. The molecule has 1 radical (unpaired) electrons. The van der Waals surface area contributed by atoms with E-state index in [4.69, 9.17) is 4.98 Å². The largest absolute Gasteiger partial charge is 0.442 e. The van der Waals surface area contributed by atoms with E-state index in [1.807, 2.05) is 6.20 Å². The molecule has 2 aromatic heterocycles. The molecular formula is C28H28IrN3-. The quantitative estimate of drug-likeness (QED) is 0.192. The maximum atomic E-state index is 4.84. The number of rotatable bonds is 1. The van der Waals surface area contributed by atoms with E-state index in [1.54, 1.807) is 6.33 Å². The number of fused-ring (bicyclic) bond motifs is 6. The summed E-state index contributed by atoms with van der Waals surface area (Å²) in [6, 6.07) is 17.7. The van der Waals surface area contributed by atoms with Gasteiger partial charge < -0.3 is 9.97 Å². The van der Waals surface area contributed by atoms with Crippen LogP contribution in [0.3, 0.4) is 0 Å². The first-order valence-electron chi connectivity index (χ1n) is 10.9. The van der Waals surface area contributed by atoms with Crippen molar-refractivity contribution in [2.75, 3.05) is 0 Å². The maximum absolute atomic E-state index is 4.84. The van der Waals surface area contributed by atoms with Gasteiger partial charge in [-0.25, -0.2) is 0 Å². The zero-order chi connectivity index (χ0) is 22.0. The zero-order valence-electron chi connectivity index (χ0n) is 19.4. The van der Waals surface area contributed by atoms with Gasteiger partial charge in [-0.3, -0.25) is 4.98 Å². The first-order chi connectivity index (χ1) is 14.6. The minimum Gasteiger partial charge on any atom is -0.442 e. The first-order valence-corrected chi connectivity index (χ1v) is 10.9. The number of benzene rings is 3. The van der Waals surface area contributed by atoms with Crippen LogP contribution in [0.2, 0.25) is 0 Å². The molecule has 3 nitrogen and oxygen atoms in total. The Hall–Kier alpha value is -2.55. The predicted molar refractivity (Wildman–Crippen MR) is 131 cm³/mol. The molecule has 0 saturated heterocycles. The molecule has 0 spiro atoms. The molecule has 0 bridgehead atoms. The Morgan fingerprint density at radius 3 is 2.06 bits per heavy atom. The van der Waals surface area contributed by atoms with Crippen molar-refractivity contribution in [1.29, 1.82) is 0 Å². The van der Waals surface area contributed by atoms with Gasteiger partial charge in [-0.1, -0.05) is 90.3 Å². The Labute approximate surface area is 203 Å². The van der Waals surface area contributed by atoms with Crippen molar-refractivity contribution in [2.24, 2.45) is 0 Å². The summed E-state index contributed by atoms with van der Waals surface area (Å²) in [6.45, 7) is 13.4. The standard InChI is InChI=1S/C28H28N3.Ir/c1-27(2,3)18-12-10-17(11-13-18)20-8-7-9-21-22-14-19(28(4,5)6)15-29-24(22)26-25(23(20)21)30-16-31-26;/h7-16H,1-6H3;/q-1;. The van der Waals surface area contributed by atoms with E-state index in [0.717, 1.165) is 27.3 Å². The molecule has 0 saturated carbocycles. The normalized spacial score (nSPS) is 12.4. The van der Waals surface area contributed by atoms with E-state index in [2.05, 4.69) is 100 Å². The predicted octanol–water partition coefficient (Wildman–Crippen LogP) is 7.15. The number of aromatic nitrogens is 3. The number of imidazole rings is 1. The van der Waals surface area contributed by atoms with Gasteiger partial charge in [-0.05, 0) is 61.0 Å². The molecule has 32 heavy (non-hydrogen) atoms. The van der Waals surface area contributed by atoms with Crippen molar-refractivity contribution < 1.29 is 20.1 Å². The van der Waals surface area contributed by atoms with Crippen molar-refractivity contribution in [1.82, 2.24) is 15.0 Å². The summed E-state index contributed by atoms with van der Waals surface area (Å²) in [5, 5.41) is 3.47. The second kappa shape index (κ2) is 7.79. The Balaban J connectivity index is 0.00000245. The van der Waals surface area contributed by atoms with Crippen LogP contribution in [-0.2, 0) is 30.9 Å². The molecular weight excluding hydrogens is 571 g/mol. The van der Waals surface area contributed by atoms with Gasteiger partial charge in [0.05, 0.1) is 5.52 Å². The van der Waals surface area contributed by atoms with Gasteiger partial charge in [0.1, 0.15) is 0 Å². The molecule has 0 N–H and O–H groups in total. The summed E-state index contributed by atoms with van der Waals surface area (Å²) in [4.78, 5) is 14.1. The van der Waals surface area contributed by atoms with E-state index < -0.39 is 0 Å². The Morgan fingerprint density at radius 1 is 0.719 bits per heavy atom. The van der Waals surface area contributed by atoms with E-state index in [1.165, 1.54) is 27.6 Å². The number of pyridine rings is 1. The number of hydrogen-bond donors (Lipinski definition) is 0. The molecule has 5 rings (SSSR count). The van der Waals surface area contributed by atoms with Gasteiger partial charge >= 0.3 is 0 Å². The Bertz CT molecular complexity index is 1430. The molecule has 0 atom stereocenters. The second-order valence-corrected chi connectivity index (χ2v) is 10.5. The van der Waals surface area contributed by atoms with Crippen LogP contribution in [0.25, 0.3) is 43.8 Å². The van der Waals surface area contributed by atoms with Crippen molar-refractivity contribution in [3.05, 3.63) is 72.2 Å². The van der Waals surface area contributed by atoms with Crippen LogP contribution < -0.4 is 4.98 Å². The third-order valence-electron chi connectivity index (χ3n) is 6.23. The molecule has 0 aliphatic rings. The molecule has 0 aliphatic heterocycles. The van der Waals surface area contributed by atoms with Crippen LogP contribution in [0.15, 0.2) is 61.1 Å². The summed E-state index contributed by atoms with van der Waals surface area (Å²) < 4.78 is 0. The van der Waals surface area contributed by atoms with Crippen molar-refractivity contribution in [3.63, 3.8) is 0 Å². The molecule has 0 aliphatic carbocycles. The van der Waals surface area contributed by atoms with Crippen molar-refractivity contribution in [2.45, 2.75) is 52.4 Å². The summed E-state index contributed by atoms with van der Waals surface area (Å²) in [5.41, 5.74) is 7.82. The SMILES string of the molecule is CC(C)(C)c1ccc(-c2cccc3c4cc(C(C)(C)C)cnc4c4[n-]cnc4c23)cc1.[Ir]. The van der Waals surface area contributed by atoms with E-state index in [-0.39, 0.29) is 30.9 Å². The van der Waals surface area contributed by atoms with Crippen LogP contribution >= 0.6 is 0 Å². The molecule has 0 amide bonds. The number of hydrogen-bond acceptors (Lipinski definition) is 2. The molecule has 0 unspecified atom stereocenters.